The van der Waals surface area contributed by atoms with Crippen molar-refractivity contribution >= 4 is 22.4 Å². The summed E-state index contributed by atoms with van der Waals surface area (Å²) in [5.74, 6) is 1.25. The van der Waals surface area contributed by atoms with E-state index in [0.717, 1.165) is 11.3 Å². The lowest BCUT2D eigenvalue weighted by molar-refractivity contribution is -0.115. The van der Waals surface area contributed by atoms with Crippen LogP contribution in [0.5, 0.6) is 11.5 Å². The molecule has 2 heterocycles. The lowest BCUT2D eigenvalue weighted by Gasteiger charge is -2.08. The largest absolute Gasteiger partial charge is 0.497 e. The van der Waals surface area contributed by atoms with Gasteiger partial charge >= 0.3 is 0 Å². The third-order valence-electron chi connectivity index (χ3n) is 3.34. The van der Waals surface area contributed by atoms with Crippen LogP contribution >= 0.6 is 11.3 Å². The molecular weight excluding hydrogens is 328 g/mol. The first-order valence-corrected chi connectivity index (χ1v) is 8.03. The zero-order valence-electron chi connectivity index (χ0n) is 13.2. The Bertz CT molecular complexity index is 830. The van der Waals surface area contributed by atoms with E-state index in [1.807, 2.05) is 23.6 Å². The molecule has 0 unspecified atom stereocenters. The molecule has 0 spiro atoms. The standard InChI is InChI=1S/C16H16N4O3S/c1-22-11-3-4-14(23-2)12(8-11)13-9-24-16(18-13)19-15(21)7-10-5-6-17-20-10/h3-6,8-9H,7H2,1-2H3,(H,17,20)(H,18,19,21). The number of amides is 1. The minimum atomic E-state index is -0.155. The maximum Gasteiger partial charge on any atom is 0.232 e. The summed E-state index contributed by atoms with van der Waals surface area (Å²) < 4.78 is 10.6. The Hall–Kier alpha value is -2.87. The Kier molecular flexibility index (Phi) is 4.76. The highest BCUT2D eigenvalue weighted by Gasteiger charge is 2.13. The molecule has 1 amide bonds. The highest BCUT2D eigenvalue weighted by molar-refractivity contribution is 7.14. The lowest BCUT2D eigenvalue weighted by atomic mass is 10.1. The quantitative estimate of drug-likeness (QED) is 0.718. The van der Waals surface area contributed by atoms with Gasteiger partial charge in [0.15, 0.2) is 5.13 Å². The first-order chi connectivity index (χ1) is 11.7. The number of ether oxygens (including phenoxy) is 2. The van der Waals surface area contributed by atoms with Crippen LogP contribution < -0.4 is 14.8 Å². The zero-order chi connectivity index (χ0) is 16.9. The van der Waals surface area contributed by atoms with Crippen LogP contribution in [0, 0.1) is 0 Å². The number of aromatic amines is 1. The molecule has 124 valence electrons. The number of methoxy groups -OCH3 is 2. The van der Waals surface area contributed by atoms with Gasteiger partial charge in [0.2, 0.25) is 5.91 Å². The van der Waals surface area contributed by atoms with Gasteiger partial charge in [-0.1, -0.05) is 0 Å². The van der Waals surface area contributed by atoms with E-state index in [9.17, 15) is 4.79 Å². The third kappa shape index (κ3) is 3.54. The predicted octanol–water partition coefficient (Wildman–Crippen LogP) is 2.73. The van der Waals surface area contributed by atoms with E-state index in [1.54, 1.807) is 26.5 Å². The molecule has 0 aliphatic carbocycles. The molecule has 0 bridgehead atoms. The predicted molar refractivity (Wildman–Crippen MR) is 91.6 cm³/mol. The van der Waals surface area contributed by atoms with Gasteiger partial charge in [-0.3, -0.25) is 9.89 Å². The van der Waals surface area contributed by atoms with Gasteiger partial charge in [-0.2, -0.15) is 5.10 Å². The maximum atomic E-state index is 12.0. The maximum absolute atomic E-state index is 12.0. The summed E-state index contributed by atoms with van der Waals surface area (Å²) in [7, 11) is 3.21. The number of anilines is 1. The molecule has 2 aromatic heterocycles. The minimum Gasteiger partial charge on any atom is -0.497 e. The third-order valence-corrected chi connectivity index (χ3v) is 4.10. The smallest absolute Gasteiger partial charge is 0.232 e. The fraction of sp³-hybridized carbons (Fsp3) is 0.188. The molecule has 24 heavy (non-hydrogen) atoms. The van der Waals surface area contributed by atoms with Crippen LogP contribution in [0.25, 0.3) is 11.3 Å². The second-order valence-corrected chi connectivity index (χ2v) is 5.77. The molecule has 0 aliphatic rings. The summed E-state index contributed by atoms with van der Waals surface area (Å²) in [5, 5.41) is 11.7. The molecule has 0 aliphatic heterocycles. The van der Waals surface area contributed by atoms with Gasteiger partial charge in [0.05, 0.1) is 26.3 Å². The average Bonchev–Trinajstić information content (AvgIpc) is 3.26. The van der Waals surface area contributed by atoms with Crippen molar-refractivity contribution in [3.05, 3.63) is 41.5 Å². The Morgan fingerprint density at radius 1 is 1.29 bits per heavy atom. The number of aromatic nitrogens is 3. The van der Waals surface area contributed by atoms with E-state index in [2.05, 4.69) is 20.5 Å². The lowest BCUT2D eigenvalue weighted by Crippen LogP contribution is -2.14. The van der Waals surface area contributed by atoms with Crippen molar-refractivity contribution in [3.63, 3.8) is 0 Å². The molecule has 8 heteroatoms. The summed E-state index contributed by atoms with van der Waals surface area (Å²) in [6, 6.07) is 7.25. The second-order valence-electron chi connectivity index (χ2n) is 4.91. The van der Waals surface area contributed by atoms with Crippen molar-refractivity contribution in [1.29, 1.82) is 0 Å². The molecule has 3 rings (SSSR count). The van der Waals surface area contributed by atoms with E-state index < -0.39 is 0 Å². The first-order valence-electron chi connectivity index (χ1n) is 7.15. The molecule has 2 N–H and O–H groups in total. The number of hydrogen-bond acceptors (Lipinski definition) is 6. The average molecular weight is 344 g/mol. The van der Waals surface area contributed by atoms with E-state index in [0.29, 0.717) is 22.3 Å². The van der Waals surface area contributed by atoms with Crippen molar-refractivity contribution in [1.82, 2.24) is 15.2 Å². The molecule has 1 aromatic carbocycles. The van der Waals surface area contributed by atoms with Crippen LogP contribution in [0.2, 0.25) is 0 Å². The van der Waals surface area contributed by atoms with Crippen LogP contribution in [0.3, 0.4) is 0 Å². The molecular formula is C16H16N4O3S. The normalized spacial score (nSPS) is 10.4. The Balaban J connectivity index is 1.77. The van der Waals surface area contributed by atoms with Crippen LogP contribution in [-0.4, -0.2) is 35.3 Å². The Morgan fingerprint density at radius 3 is 2.88 bits per heavy atom. The summed E-state index contributed by atoms with van der Waals surface area (Å²) in [6.45, 7) is 0. The summed E-state index contributed by atoms with van der Waals surface area (Å²) in [5.41, 5.74) is 2.27. The number of carbonyl (C=O) groups excluding carboxylic acids is 1. The van der Waals surface area contributed by atoms with Crippen molar-refractivity contribution in [3.8, 4) is 22.8 Å². The van der Waals surface area contributed by atoms with Gasteiger partial charge in [-0.25, -0.2) is 4.98 Å². The number of thiazole rings is 1. The SMILES string of the molecule is COc1ccc(OC)c(-c2csc(NC(=O)Cc3ccn[nH]3)n2)c1. The second kappa shape index (κ2) is 7.14. The molecule has 0 fully saturated rings. The number of H-pyrrole nitrogens is 1. The highest BCUT2D eigenvalue weighted by Crippen LogP contribution is 2.34. The van der Waals surface area contributed by atoms with Gasteiger partial charge in [-0.15, -0.1) is 11.3 Å². The summed E-state index contributed by atoms with van der Waals surface area (Å²) in [6.07, 6.45) is 1.83. The van der Waals surface area contributed by atoms with Gasteiger partial charge in [0, 0.05) is 22.8 Å². The van der Waals surface area contributed by atoms with Crippen molar-refractivity contribution in [2.24, 2.45) is 0 Å². The fourth-order valence-electron chi connectivity index (χ4n) is 2.19. The zero-order valence-corrected chi connectivity index (χ0v) is 14.0. The van der Waals surface area contributed by atoms with Crippen LogP contribution in [0.1, 0.15) is 5.69 Å². The van der Waals surface area contributed by atoms with E-state index in [-0.39, 0.29) is 12.3 Å². The number of hydrogen-bond donors (Lipinski definition) is 2. The van der Waals surface area contributed by atoms with Gasteiger partial charge in [0.1, 0.15) is 11.5 Å². The number of rotatable bonds is 6. The van der Waals surface area contributed by atoms with E-state index in [4.69, 9.17) is 9.47 Å². The monoisotopic (exact) mass is 344 g/mol. The molecule has 3 aromatic rings. The number of nitrogens with one attached hydrogen (secondary N) is 2. The topological polar surface area (TPSA) is 89.1 Å². The Morgan fingerprint density at radius 2 is 2.17 bits per heavy atom. The van der Waals surface area contributed by atoms with Crippen molar-refractivity contribution in [2.75, 3.05) is 19.5 Å². The van der Waals surface area contributed by atoms with Gasteiger partial charge < -0.3 is 14.8 Å². The fourth-order valence-corrected chi connectivity index (χ4v) is 2.92. The Labute approximate surface area is 142 Å². The number of nitrogens with zero attached hydrogens (tertiary/aromatic N) is 2. The van der Waals surface area contributed by atoms with Crippen LogP contribution in [0.4, 0.5) is 5.13 Å². The molecule has 0 radical (unpaired) electrons. The summed E-state index contributed by atoms with van der Waals surface area (Å²) in [4.78, 5) is 16.5. The minimum absolute atomic E-state index is 0.155. The summed E-state index contributed by atoms with van der Waals surface area (Å²) >= 11 is 1.35. The van der Waals surface area contributed by atoms with Gasteiger partial charge in [0.25, 0.3) is 0 Å². The van der Waals surface area contributed by atoms with Gasteiger partial charge in [-0.05, 0) is 24.3 Å². The number of benzene rings is 1. The van der Waals surface area contributed by atoms with Crippen molar-refractivity contribution in [2.45, 2.75) is 6.42 Å². The molecule has 0 saturated heterocycles. The van der Waals surface area contributed by atoms with Crippen molar-refractivity contribution < 1.29 is 14.3 Å². The number of carbonyl (C=O) groups is 1. The van der Waals surface area contributed by atoms with Crippen LogP contribution in [0.15, 0.2) is 35.8 Å². The van der Waals surface area contributed by atoms with E-state index in [1.165, 1.54) is 11.3 Å². The highest BCUT2D eigenvalue weighted by atomic mass is 32.1. The molecule has 7 nitrogen and oxygen atoms in total. The molecule has 0 saturated carbocycles. The van der Waals surface area contributed by atoms with E-state index >= 15 is 0 Å². The molecule has 0 atom stereocenters. The first kappa shape index (κ1) is 16.0. The van der Waals surface area contributed by atoms with Crippen LogP contribution in [-0.2, 0) is 11.2 Å².